The quantitative estimate of drug-likeness (QED) is 0.842. The lowest BCUT2D eigenvalue weighted by Crippen LogP contribution is -2.33. The second-order valence-electron chi connectivity index (χ2n) is 7.11. The van der Waals surface area contributed by atoms with Gasteiger partial charge in [0, 0.05) is 17.5 Å². The molecule has 0 radical (unpaired) electrons. The number of hydrogen-bond donors (Lipinski definition) is 1. The Morgan fingerprint density at radius 3 is 2.35 bits per heavy atom. The van der Waals surface area contributed by atoms with Crippen molar-refractivity contribution in [2.24, 2.45) is 5.41 Å². The molecule has 2 heteroatoms. The van der Waals surface area contributed by atoms with Crippen molar-refractivity contribution in [1.29, 1.82) is 0 Å². The molecule has 1 fully saturated rings. The van der Waals surface area contributed by atoms with Crippen molar-refractivity contribution in [3.8, 4) is 0 Å². The van der Waals surface area contributed by atoms with E-state index in [1.54, 1.807) is 0 Å². The first-order chi connectivity index (χ1) is 9.39. The van der Waals surface area contributed by atoms with Crippen molar-refractivity contribution in [3.63, 3.8) is 0 Å². The van der Waals surface area contributed by atoms with Gasteiger partial charge in [0.05, 0.1) is 0 Å². The second-order valence-corrected chi connectivity index (χ2v) is 7.11. The van der Waals surface area contributed by atoms with Gasteiger partial charge in [-0.05, 0) is 30.4 Å². The summed E-state index contributed by atoms with van der Waals surface area (Å²) in [5.74, 6) is 0.324. The fourth-order valence-corrected chi connectivity index (χ4v) is 3.17. The normalized spacial score (nSPS) is 23.0. The number of carbonyl (C=O) groups is 1. The summed E-state index contributed by atoms with van der Waals surface area (Å²) in [6.07, 6.45) is 3.02. The molecule has 2 nitrogen and oxygen atoms in total. The van der Waals surface area contributed by atoms with E-state index in [1.165, 1.54) is 5.56 Å². The highest BCUT2D eigenvalue weighted by Gasteiger charge is 2.40. The highest BCUT2D eigenvalue weighted by molar-refractivity contribution is 6.01. The van der Waals surface area contributed by atoms with Gasteiger partial charge in [-0.3, -0.25) is 4.79 Å². The van der Waals surface area contributed by atoms with Crippen molar-refractivity contribution >= 4 is 5.78 Å². The smallest absolute Gasteiger partial charge is 0.170 e. The summed E-state index contributed by atoms with van der Waals surface area (Å²) in [5.41, 5.74) is 2.12. The standard InChI is InChI=1S/C18H27NO/c1-5-10-18(11-12-19-13-18)16(20)14-6-8-15(9-7-14)17(2,3)4/h6-9,19H,5,10-13H2,1-4H3. The Labute approximate surface area is 123 Å². The SMILES string of the molecule is CCCC1(C(=O)c2ccc(C(C)(C)C)cc2)CCNC1. The maximum Gasteiger partial charge on any atom is 0.170 e. The molecule has 0 aromatic heterocycles. The first-order valence-corrected chi connectivity index (χ1v) is 7.75. The number of Topliss-reactive ketones (excluding diaryl/α,β-unsaturated/α-hetero) is 1. The lowest BCUT2D eigenvalue weighted by Gasteiger charge is -2.26. The molecule has 0 bridgehead atoms. The Bertz CT molecular complexity index is 461. The van der Waals surface area contributed by atoms with Crippen LogP contribution in [0.4, 0.5) is 0 Å². The van der Waals surface area contributed by atoms with E-state index in [-0.39, 0.29) is 10.8 Å². The minimum atomic E-state index is -0.169. The Morgan fingerprint density at radius 2 is 1.90 bits per heavy atom. The molecule has 0 amide bonds. The van der Waals surface area contributed by atoms with Crippen LogP contribution in [0.1, 0.15) is 62.9 Å². The molecule has 0 aliphatic carbocycles. The fourth-order valence-electron chi connectivity index (χ4n) is 3.17. The molecule has 1 aromatic rings. The van der Waals surface area contributed by atoms with Crippen LogP contribution in [0.3, 0.4) is 0 Å². The molecule has 1 aliphatic rings. The zero-order valence-corrected chi connectivity index (χ0v) is 13.3. The number of ketones is 1. The molecule has 1 aromatic carbocycles. The van der Waals surface area contributed by atoms with Crippen LogP contribution in [0.25, 0.3) is 0 Å². The summed E-state index contributed by atoms with van der Waals surface area (Å²) >= 11 is 0. The predicted molar refractivity (Wildman–Crippen MR) is 84.3 cm³/mol. The van der Waals surface area contributed by atoms with E-state index >= 15 is 0 Å². The van der Waals surface area contributed by atoms with Gasteiger partial charge in [0.25, 0.3) is 0 Å². The van der Waals surface area contributed by atoms with E-state index < -0.39 is 0 Å². The van der Waals surface area contributed by atoms with E-state index in [0.717, 1.165) is 37.9 Å². The molecule has 1 heterocycles. The van der Waals surface area contributed by atoms with Crippen molar-refractivity contribution in [2.75, 3.05) is 13.1 Å². The summed E-state index contributed by atoms with van der Waals surface area (Å²) in [6, 6.07) is 8.24. The van der Waals surface area contributed by atoms with Crippen LogP contribution in [0.15, 0.2) is 24.3 Å². The van der Waals surface area contributed by atoms with E-state index in [4.69, 9.17) is 0 Å². The van der Waals surface area contributed by atoms with Gasteiger partial charge in [-0.25, -0.2) is 0 Å². The average molecular weight is 273 g/mol. The second kappa shape index (κ2) is 5.69. The van der Waals surface area contributed by atoms with E-state index in [1.807, 2.05) is 12.1 Å². The molecule has 0 saturated carbocycles. The maximum atomic E-state index is 12.9. The highest BCUT2D eigenvalue weighted by atomic mass is 16.1. The molecule has 2 rings (SSSR count). The van der Waals surface area contributed by atoms with Crippen molar-refractivity contribution in [1.82, 2.24) is 5.32 Å². The van der Waals surface area contributed by atoms with E-state index in [9.17, 15) is 4.79 Å². The van der Waals surface area contributed by atoms with E-state index in [2.05, 4.69) is 45.1 Å². The van der Waals surface area contributed by atoms with Crippen LogP contribution >= 0.6 is 0 Å². The summed E-state index contributed by atoms with van der Waals surface area (Å²) in [6.45, 7) is 10.6. The Kier molecular flexibility index (Phi) is 4.33. The predicted octanol–water partition coefficient (Wildman–Crippen LogP) is 3.95. The van der Waals surface area contributed by atoms with Gasteiger partial charge in [-0.15, -0.1) is 0 Å². The summed E-state index contributed by atoms with van der Waals surface area (Å²) < 4.78 is 0. The van der Waals surface area contributed by atoms with Crippen LogP contribution in [0.2, 0.25) is 0 Å². The number of carbonyl (C=O) groups excluding carboxylic acids is 1. The topological polar surface area (TPSA) is 29.1 Å². The van der Waals surface area contributed by atoms with Crippen LogP contribution in [0, 0.1) is 5.41 Å². The number of rotatable bonds is 4. The van der Waals surface area contributed by atoms with Crippen molar-refractivity contribution in [3.05, 3.63) is 35.4 Å². The van der Waals surface area contributed by atoms with Gasteiger partial charge in [-0.1, -0.05) is 58.4 Å². The molecular formula is C18H27NO. The Morgan fingerprint density at radius 1 is 1.25 bits per heavy atom. The summed E-state index contributed by atoms with van der Waals surface area (Å²) in [5, 5.41) is 3.36. The molecule has 1 saturated heterocycles. The molecule has 110 valence electrons. The molecule has 1 atom stereocenters. The van der Waals surface area contributed by atoms with Gasteiger partial charge >= 0.3 is 0 Å². The molecule has 20 heavy (non-hydrogen) atoms. The average Bonchev–Trinajstić information content (AvgIpc) is 2.87. The highest BCUT2D eigenvalue weighted by Crippen LogP contribution is 2.35. The third-order valence-electron chi connectivity index (χ3n) is 4.47. The zero-order chi connectivity index (χ0) is 14.8. The number of benzene rings is 1. The van der Waals surface area contributed by atoms with Crippen molar-refractivity contribution < 1.29 is 4.79 Å². The minimum absolute atomic E-state index is 0.137. The largest absolute Gasteiger partial charge is 0.316 e. The first-order valence-electron chi connectivity index (χ1n) is 7.75. The third-order valence-corrected chi connectivity index (χ3v) is 4.47. The Hall–Kier alpha value is -1.15. The summed E-state index contributed by atoms with van der Waals surface area (Å²) in [7, 11) is 0. The number of hydrogen-bond acceptors (Lipinski definition) is 2. The van der Waals surface area contributed by atoms with Gasteiger partial charge in [-0.2, -0.15) is 0 Å². The number of nitrogens with one attached hydrogen (secondary N) is 1. The van der Waals surface area contributed by atoms with Crippen LogP contribution in [0.5, 0.6) is 0 Å². The van der Waals surface area contributed by atoms with Crippen LogP contribution in [-0.4, -0.2) is 18.9 Å². The van der Waals surface area contributed by atoms with Crippen molar-refractivity contribution in [2.45, 2.75) is 52.4 Å². The Balaban J connectivity index is 2.24. The molecule has 0 spiro atoms. The third kappa shape index (κ3) is 2.95. The molecule has 1 aliphatic heterocycles. The lowest BCUT2D eigenvalue weighted by atomic mass is 9.75. The monoisotopic (exact) mass is 273 g/mol. The van der Waals surface area contributed by atoms with Gasteiger partial charge < -0.3 is 5.32 Å². The fraction of sp³-hybridized carbons (Fsp3) is 0.611. The van der Waals surface area contributed by atoms with Crippen LogP contribution in [-0.2, 0) is 5.41 Å². The molecular weight excluding hydrogens is 246 g/mol. The van der Waals surface area contributed by atoms with E-state index in [0.29, 0.717) is 5.78 Å². The van der Waals surface area contributed by atoms with Crippen LogP contribution < -0.4 is 5.32 Å². The zero-order valence-electron chi connectivity index (χ0n) is 13.3. The minimum Gasteiger partial charge on any atom is -0.316 e. The molecule has 1 unspecified atom stereocenters. The maximum absolute atomic E-state index is 12.9. The van der Waals surface area contributed by atoms with Gasteiger partial charge in [0.1, 0.15) is 0 Å². The van der Waals surface area contributed by atoms with Gasteiger partial charge in [0.15, 0.2) is 5.78 Å². The molecule has 1 N–H and O–H groups in total. The summed E-state index contributed by atoms with van der Waals surface area (Å²) in [4.78, 5) is 12.9. The van der Waals surface area contributed by atoms with Gasteiger partial charge in [0.2, 0.25) is 0 Å². The first kappa shape index (κ1) is 15.2. The lowest BCUT2D eigenvalue weighted by molar-refractivity contribution is 0.0801.